The molecule has 34 heavy (non-hydrogen) atoms. The van der Waals surface area contributed by atoms with Crippen molar-refractivity contribution in [3.8, 4) is 17.2 Å². The quantitative estimate of drug-likeness (QED) is 0.276. The summed E-state index contributed by atoms with van der Waals surface area (Å²) < 4.78 is 17.5. The number of halogens is 1. The van der Waals surface area contributed by atoms with E-state index < -0.39 is 0 Å². The van der Waals surface area contributed by atoms with Crippen LogP contribution in [0.25, 0.3) is 0 Å². The first kappa shape index (κ1) is 23.6. The van der Waals surface area contributed by atoms with Crippen LogP contribution in [0.2, 0.25) is 0 Å². The fourth-order valence-electron chi connectivity index (χ4n) is 4.12. The van der Waals surface area contributed by atoms with E-state index in [0.717, 1.165) is 21.3 Å². The maximum atomic E-state index is 12.5. The van der Waals surface area contributed by atoms with Crippen molar-refractivity contribution < 1.29 is 19.0 Å². The monoisotopic (exact) mass is 524 g/mol. The van der Waals surface area contributed by atoms with Gasteiger partial charge in [-0.25, -0.2) is 10.8 Å². The summed E-state index contributed by atoms with van der Waals surface area (Å²) in [5, 5.41) is 0. The van der Waals surface area contributed by atoms with E-state index in [1.54, 1.807) is 21.3 Å². The maximum absolute atomic E-state index is 12.5. The molecule has 3 aromatic carbocycles. The molecule has 0 fully saturated rings. The Bertz CT molecular complexity index is 1210. The number of ether oxygens (including phenoxy) is 3. The smallest absolute Gasteiger partial charge is 0.253 e. The van der Waals surface area contributed by atoms with Gasteiger partial charge in [0.15, 0.2) is 11.5 Å². The predicted octanol–water partition coefficient (Wildman–Crippen LogP) is 3.95. The van der Waals surface area contributed by atoms with Crippen LogP contribution in [0.5, 0.6) is 17.2 Å². The largest absolute Gasteiger partial charge is 0.493 e. The molecule has 1 aliphatic heterocycles. The van der Waals surface area contributed by atoms with E-state index in [2.05, 4.69) is 21.4 Å². The minimum Gasteiger partial charge on any atom is -0.493 e. The molecule has 1 heterocycles. The number of amides is 1. The Kier molecular flexibility index (Phi) is 7.04. The second kappa shape index (κ2) is 10.1. The maximum Gasteiger partial charge on any atom is 0.253 e. The minimum atomic E-state index is -0.348. The van der Waals surface area contributed by atoms with Gasteiger partial charge >= 0.3 is 0 Å². The average Bonchev–Trinajstić information content (AvgIpc) is 2.87. The van der Waals surface area contributed by atoms with E-state index in [1.165, 1.54) is 0 Å². The third kappa shape index (κ3) is 4.44. The molecule has 0 saturated heterocycles. The summed E-state index contributed by atoms with van der Waals surface area (Å²) in [5.41, 5.74) is 5.71. The number of nitrogens with one attached hydrogen (secondary N) is 1. The van der Waals surface area contributed by atoms with Crippen molar-refractivity contribution in [2.45, 2.75) is 6.04 Å². The number of rotatable bonds is 7. The van der Waals surface area contributed by atoms with Gasteiger partial charge in [-0.05, 0) is 35.9 Å². The molecular weight excluding hydrogens is 500 g/mol. The number of nitrogens with zero attached hydrogens (tertiary/aromatic N) is 2. The molecular formula is C25H25BrN4O4. The zero-order valence-electron chi connectivity index (χ0n) is 19.0. The average molecular weight is 525 g/mol. The van der Waals surface area contributed by atoms with Crippen LogP contribution in [0.3, 0.4) is 0 Å². The van der Waals surface area contributed by atoms with Crippen LogP contribution in [0.1, 0.15) is 22.7 Å². The van der Waals surface area contributed by atoms with Crippen LogP contribution < -0.4 is 25.5 Å². The van der Waals surface area contributed by atoms with E-state index in [4.69, 9.17) is 25.0 Å². The summed E-state index contributed by atoms with van der Waals surface area (Å²) in [6.07, 6.45) is 0. The van der Waals surface area contributed by atoms with Crippen molar-refractivity contribution in [1.29, 1.82) is 0 Å². The molecule has 0 aliphatic carbocycles. The summed E-state index contributed by atoms with van der Waals surface area (Å²) >= 11 is 3.58. The molecule has 1 amide bonds. The number of hydrogen-bond acceptors (Lipinski definition) is 7. The molecule has 4 rings (SSSR count). The Labute approximate surface area is 206 Å². The lowest BCUT2D eigenvalue weighted by atomic mass is 9.92. The molecule has 1 unspecified atom stereocenters. The third-order valence-corrected chi connectivity index (χ3v) is 6.10. The third-order valence-electron chi connectivity index (χ3n) is 5.61. The van der Waals surface area contributed by atoms with Gasteiger partial charge in [0.05, 0.1) is 33.1 Å². The van der Waals surface area contributed by atoms with Gasteiger partial charge in [-0.3, -0.25) is 10.2 Å². The molecule has 9 heteroatoms. The molecule has 0 bridgehead atoms. The molecule has 1 atom stereocenters. The Morgan fingerprint density at radius 2 is 1.71 bits per heavy atom. The SMILES string of the molecule is COc1cc(C2=Nc3ccc(Br)cc3C(c3ccccc3)N2CC(=O)NN)cc(OC)c1OC. The Balaban J connectivity index is 1.98. The topological polar surface area (TPSA) is 98.4 Å². The fourth-order valence-corrected chi connectivity index (χ4v) is 4.50. The van der Waals surface area contributed by atoms with E-state index in [-0.39, 0.29) is 18.5 Å². The molecule has 8 nitrogen and oxygen atoms in total. The van der Waals surface area contributed by atoms with Crippen LogP contribution in [0.4, 0.5) is 5.69 Å². The van der Waals surface area contributed by atoms with Gasteiger partial charge in [0.1, 0.15) is 12.4 Å². The van der Waals surface area contributed by atoms with Crippen molar-refractivity contribution in [1.82, 2.24) is 10.3 Å². The van der Waals surface area contributed by atoms with E-state index in [1.807, 2.05) is 65.6 Å². The first-order valence-corrected chi connectivity index (χ1v) is 11.3. The van der Waals surface area contributed by atoms with Gasteiger partial charge in [-0.15, -0.1) is 0 Å². The van der Waals surface area contributed by atoms with Crippen LogP contribution in [0.15, 0.2) is 70.1 Å². The molecule has 3 aromatic rings. The standard InChI is InChI=1S/C25H25BrN4O4/c1-32-20-11-16(12-21(33-2)24(20)34-3)25-28-19-10-9-17(26)13-18(19)23(15-7-5-4-6-8-15)30(25)14-22(31)29-27/h4-13,23H,14,27H2,1-3H3,(H,29,31). The number of hydrogen-bond donors (Lipinski definition) is 2. The number of carbonyl (C=O) groups is 1. The summed E-state index contributed by atoms with van der Waals surface area (Å²) in [7, 11) is 4.67. The number of aliphatic imine (C=N–C) groups is 1. The molecule has 3 N–H and O–H groups in total. The van der Waals surface area contributed by atoms with Gasteiger partial charge in [0.25, 0.3) is 5.91 Å². The number of fused-ring (bicyclic) bond motifs is 1. The predicted molar refractivity (Wildman–Crippen MR) is 134 cm³/mol. The Morgan fingerprint density at radius 1 is 1.03 bits per heavy atom. The first-order valence-electron chi connectivity index (χ1n) is 10.5. The Hall–Kier alpha value is -3.56. The van der Waals surface area contributed by atoms with Crippen molar-refractivity contribution in [3.05, 3.63) is 81.8 Å². The fraction of sp³-hybridized carbons (Fsp3) is 0.200. The van der Waals surface area contributed by atoms with E-state index >= 15 is 0 Å². The molecule has 0 spiro atoms. The summed E-state index contributed by atoms with van der Waals surface area (Å²) in [6.45, 7) is -0.0164. The van der Waals surface area contributed by atoms with Gasteiger partial charge in [0.2, 0.25) is 5.75 Å². The highest BCUT2D eigenvalue weighted by Gasteiger charge is 2.34. The van der Waals surface area contributed by atoms with E-state index in [9.17, 15) is 4.79 Å². The van der Waals surface area contributed by atoms with Gasteiger partial charge in [0, 0.05) is 15.6 Å². The molecule has 0 aromatic heterocycles. The second-order valence-corrected chi connectivity index (χ2v) is 8.48. The number of benzene rings is 3. The highest BCUT2D eigenvalue weighted by Crippen LogP contribution is 2.44. The lowest BCUT2D eigenvalue weighted by Crippen LogP contribution is -2.46. The molecule has 176 valence electrons. The van der Waals surface area contributed by atoms with Crippen molar-refractivity contribution >= 4 is 33.4 Å². The lowest BCUT2D eigenvalue weighted by Gasteiger charge is -2.38. The first-order chi connectivity index (χ1) is 16.5. The summed E-state index contributed by atoms with van der Waals surface area (Å²) in [6, 6.07) is 19.2. The van der Waals surface area contributed by atoms with Crippen molar-refractivity contribution in [3.63, 3.8) is 0 Å². The number of carbonyl (C=O) groups excluding carboxylic acids is 1. The summed E-state index contributed by atoms with van der Waals surface area (Å²) in [5.74, 6) is 7.15. The zero-order valence-corrected chi connectivity index (χ0v) is 20.6. The van der Waals surface area contributed by atoms with Crippen molar-refractivity contribution in [2.75, 3.05) is 27.9 Å². The number of amidine groups is 1. The zero-order chi connectivity index (χ0) is 24.2. The highest BCUT2D eigenvalue weighted by atomic mass is 79.9. The number of methoxy groups -OCH3 is 3. The molecule has 1 aliphatic rings. The normalized spacial score (nSPS) is 14.7. The van der Waals surface area contributed by atoms with Crippen LogP contribution >= 0.6 is 15.9 Å². The van der Waals surface area contributed by atoms with Crippen LogP contribution in [-0.4, -0.2) is 44.5 Å². The highest BCUT2D eigenvalue weighted by molar-refractivity contribution is 9.10. The molecule has 0 saturated carbocycles. The number of nitrogens with two attached hydrogens (primary N) is 1. The van der Waals surface area contributed by atoms with E-state index in [0.29, 0.717) is 28.6 Å². The van der Waals surface area contributed by atoms with Gasteiger partial charge in [-0.2, -0.15) is 0 Å². The van der Waals surface area contributed by atoms with Crippen LogP contribution in [-0.2, 0) is 4.79 Å². The van der Waals surface area contributed by atoms with Gasteiger partial charge < -0.3 is 19.1 Å². The minimum absolute atomic E-state index is 0.0164. The molecule has 0 radical (unpaired) electrons. The van der Waals surface area contributed by atoms with Crippen LogP contribution in [0, 0.1) is 0 Å². The summed E-state index contributed by atoms with van der Waals surface area (Å²) in [4.78, 5) is 19.4. The lowest BCUT2D eigenvalue weighted by molar-refractivity contribution is -0.121. The van der Waals surface area contributed by atoms with Crippen molar-refractivity contribution in [2.24, 2.45) is 10.8 Å². The Morgan fingerprint density at radius 3 is 2.29 bits per heavy atom. The number of hydrazine groups is 1. The van der Waals surface area contributed by atoms with Gasteiger partial charge in [-0.1, -0.05) is 46.3 Å². The second-order valence-electron chi connectivity index (χ2n) is 7.56.